The van der Waals surface area contributed by atoms with E-state index in [1.165, 1.54) is 0 Å². The Morgan fingerprint density at radius 3 is 2.29 bits per heavy atom. The van der Waals surface area contributed by atoms with Crippen molar-refractivity contribution in [2.75, 3.05) is 25.6 Å². The third kappa shape index (κ3) is 7.60. The zero-order valence-corrected chi connectivity index (χ0v) is 10.6. The molecule has 0 bridgehead atoms. The number of nitrogens with one attached hydrogen (secondary N) is 1. The SMILES string of the molecule is CC(C)COCCNC(CCl)C(C)C. The molecule has 0 aromatic rings. The molecular formula is C11H24ClNO. The van der Waals surface area contributed by atoms with Gasteiger partial charge in [0.25, 0.3) is 0 Å². The van der Waals surface area contributed by atoms with Crippen LogP contribution in [0.4, 0.5) is 0 Å². The number of hydrogen-bond acceptors (Lipinski definition) is 2. The molecule has 86 valence electrons. The Labute approximate surface area is 93.4 Å². The second kappa shape index (κ2) is 8.51. The van der Waals surface area contributed by atoms with Gasteiger partial charge in [0.1, 0.15) is 0 Å². The van der Waals surface area contributed by atoms with Crippen molar-refractivity contribution in [2.45, 2.75) is 33.7 Å². The zero-order chi connectivity index (χ0) is 11.0. The Hall–Kier alpha value is 0.210. The van der Waals surface area contributed by atoms with Crippen molar-refractivity contribution < 1.29 is 4.74 Å². The van der Waals surface area contributed by atoms with Gasteiger partial charge in [0, 0.05) is 25.1 Å². The highest BCUT2D eigenvalue weighted by Crippen LogP contribution is 2.02. The molecule has 0 rings (SSSR count). The fourth-order valence-electron chi connectivity index (χ4n) is 1.10. The number of alkyl halides is 1. The quantitative estimate of drug-likeness (QED) is 0.503. The van der Waals surface area contributed by atoms with Crippen LogP contribution < -0.4 is 5.32 Å². The van der Waals surface area contributed by atoms with Crippen LogP contribution in [0.3, 0.4) is 0 Å². The van der Waals surface area contributed by atoms with Crippen LogP contribution in [0.25, 0.3) is 0 Å². The largest absolute Gasteiger partial charge is 0.380 e. The van der Waals surface area contributed by atoms with Gasteiger partial charge in [0.15, 0.2) is 0 Å². The fraction of sp³-hybridized carbons (Fsp3) is 1.00. The van der Waals surface area contributed by atoms with Crippen molar-refractivity contribution >= 4 is 11.6 Å². The minimum Gasteiger partial charge on any atom is -0.380 e. The molecule has 0 aromatic heterocycles. The second-order valence-corrected chi connectivity index (χ2v) is 4.74. The third-order valence-corrected chi connectivity index (χ3v) is 2.41. The Balaban J connectivity index is 3.33. The molecule has 0 aliphatic rings. The molecule has 0 spiro atoms. The highest BCUT2D eigenvalue weighted by atomic mass is 35.5. The summed E-state index contributed by atoms with van der Waals surface area (Å²) in [6, 6.07) is 0.402. The zero-order valence-electron chi connectivity index (χ0n) is 9.85. The molecule has 0 aliphatic carbocycles. The number of hydrogen-bond donors (Lipinski definition) is 1. The highest BCUT2D eigenvalue weighted by Gasteiger charge is 2.10. The first-order valence-electron chi connectivity index (χ1n) is 5.45. The Morgan fingerprint density at radius 1 is 1.21 bits per heavy atom. The van der Waals surface area contributed by atoms with Gasteiger partial charge in [-0.15, -0.1) is 11.6 Å². The monoisotopic (exact) mass is 221 g/mol. The van der Waals surface area contributed by atoms with E-state index in [0.29, 0.717) is 23.8 Å². The number of ether oxygens (including phenoxy) is 1. The summed E-state index contributed by atoms with van der Waals surface area (Å²) in [4.78, 5) is 0. The first kappa shape index (κ1) is 14.2. The molecule has 14 heavy (non-hydrogen) atoms. The molecule has 0 saturated heterocycles. The Morgan fingerprint density at radius 2 is 1.86 bits per heavy atom. The molecule has 0 saturated carbocycles. The maximum absolute atomic E-state index is 5.82. The minimum absolute atomic E-state index is 0.402. The van der Waals surface area contributed by atoms with Crippen molar-refractivity contribution in [3.8, 4) is 0 Å². The lowest BCUT2D eigenvalue weighted by molar-refractivity contribution is 0.109. The molecule has 1 unspecified atom stereocenters. The van der Waals surface area contributed by atoms with E-state index in [-0.39, 0.29) is 0 Å². The van der Waals surface area contributed by atoms with Crippen LogP contribution in [-0.2, 0) is 4.74 Å². The van der Waals surface area contributed by atoms with Gasteiger partial charge in [0.05, 0.1) is 6.61 Å². The van der Waals surface area contributed by atoms with E-state index < -0.39 is 0 Å². The maximum atomic E-state index is 5.82. The van der Waals surface area contributed by atoms with E-state index in [1.807, 2.05) is 0 Å². The van der Waals surface area contributed by atoms with Gasteiger partial charge in [-0.05, 0) is 11.8 Å². The number of rotatable bonds is 8. The van der Waals surface area contributed by atoms with Crippen molar-refractivity contribution in [1.82, 2.24) is 5.32 Å². The molecule has 0 fully saturated rings. The van der Waals surface area contributed by atoms with Crippen LogP contribution in [0.1, 0.15) is 27.7 Å². The van der Waals surface area contributed by atoms with Gasteiger partial charge in [-0.25, -0.2) is 0 Å². The van der Waals surface area contributed by atoms with Gasteiger partial charge in [0.2, 0.25) is 0 Å². The molecule has 0 radical (unpaired) electrons. The predicted octanol–water partition coefficient (Wildman–Crippen LogP) is 2.51. The first-order valence-corrected chi connectivity index (χ1v) is 5.98. The molecule has 0 aromatic carbocycles. The van der Waals surface area contributed by atoms with E-state index >= 15 is 0 Å². The summed E-state index contributed by atoms with van der Waals surface area (Å²) in [5.41, 5.74) is 0. The Bertz CT molecular complexity index is 128. The van der Waals surface area contributed by atoms with Crippen LogP contribution in [0.2, 0.25) is 0 Å². The lowest BCUT2D eigenvalue weighted by Gasteiger charge is -2.19. The maximum Gasteiger partial charge on any atom is 0.0591 e. The molecule has 0 aliphatic heterocycles. The third-order valence-electron chi connectivity index (χ3n) is 2.08. The Kier molecular flexibility index (Phi) is 8.64. The lowest BCUT2D eigenvalue weighted by Crippen LogP contribution is -2.37. The van der Waals surface area contributed by atoms with E-state index in [0.717, 1.165) is 19.8 Å². The number of halogens is 1. The average Bonchev–Trinajstić information content (AvgIpc) is 2.10. The molecule has 1 atom stereocenters. The van der Waals surface area contributed by atoms with Crippen molar-refractivity contribution in [2.24, 2.45) is 11.8 Å². The molecular weight excluding hydrogens is 198 g/mol. The van der Waals surface area contributed by atoms with Crippen LogP contribution in [0.15, 0.2) is 0 Å². The smallest absolute Gasteiger partial charge is 0.0591 e. The topological polar surface area (TPSA) is 21.3 Å². The molecule has 2 nitrogen and oxygen atoms in total. The fourth-order valence-corrected chi connectivity index (χ4v) is 1.57. The van der Waals surface area contributed by atoms with E-state index in [4.69, 9.17) is 16.3 Å². The predicted molar refractivity (Wildman–Crippen MR) is 63.0 cm³/mol. The summed E-state index contributed by atoms with van der Waals surface area (Å²) in [6.45, 7) is 11.2. The second-order valence-electron chi connectivity index (χ2n) is 4.43. The van der Waals surface area contributed by atoms with Gasteiger partial charge < -0.3 is 10.1 Å². The summed E-state index contributed by atoms with van der Waals surface area (Å²) >= 11 is 5.82. The van der Waals surface area contributed by atoms with E-state index in [2.05, 4.69) is 33.0 Å². The van der Waals surface area contributed by atoms with Gasteiger partial charge >= 0.3 is 0 Å². The van der Waals surface area contributed by atoms with Gasteiger partial charge in [-0.2, -0.15) is 0 Å². The van der Waals surface area contributed by atoms with Crippen LogP contribution in [0, 0.1) is 11.8 Å². The standard InChI is InChI=1S/C11H24ClNO/c1-9(2)8-14-6-5-13-11(7-12)10(3)4/h9-11,13H,5-8H2,1-4H3. The molecule has 0 heterocycles. The minimum atomic E-state index is 0.402. The van der Waals surface area contributed by atoms with Gasteiger partial charge in [-0.3, -0.25) is 0 Å². The van der Waals surface area contributed by atoms with Crippen LogP contribution in [0.5, 0.6) is 0 Å². The van der Waals surface area contributed by atoms with Crippen LogP contribution >= 0.6 is 11.6 Å². The molecule has 0 amide bonds. The summed E-state index contributed by atoms with van der Waals surface area (Å²) in [5, 5.41) is 3.39. The summed E-state index contributed by atoms with van der Waals surface area (Å²) in [6.07, 6.45) is 0. The van der Waals surface area contributed by atoms with Crippen LogP contribution in [-0.4, -0.2) is 31.7 Å². The van der Waals surface area contributed by atoms with Crippen molar-refractivity contribution in [1.29, 1.82) is 0 Å². The average molecular weight is 222 g/mol. The first-order chi connectivity index (χ1) is 6.57. The molecule has 1 N–H and O–H groups in total. The van der Waals surface area contributed by atoms with E-state index in [1.54, 1.807) is 0 Å². The van der Waals surface area contributed by atoms with E-state index in [9.17, 15) is 0 Å². The summed E-state index contributed by atoms with van der Waals surface area (Å²) in [7, 11) is 0. The summed E-state index contributed by atoms with van der Waals surface area (Å²) in [5.74, 6) is 1.86. The molecule has 3 heteroatoms. The highest BCUT2D eigenvalue weighted by molar-refractivity contribution is 6.18. The summed E-state index contributed by atoms with van der Waals surface area (Å²) < 4.78 is 5.46. The normalized spacial score (nSPS) is 13.9. The lowest BCUT2D eigenvalue weighted by atomic mass is 10.1. The van der Waals surface area contributed by atoms with Crippen molar-refractivity contribution in [3.63, 3.8) is 0 Å². The van der Waals surface area contributed by atoms with Gasteiger partial charge in [-0.1, -0.05) is 27.7 Å². The van der Waals surface area contributed by atoms with Crippen molar-refractivity contribution in [3.05, 3.63) is 0 Å².